The molecule has 0 atom stereocenters. The number of hydrogen-bond acceptors (Lipinski definition) is 4. The molecular weight excluding hydrogens is 405 g/mol. The van der Waals surface area contributed by atoms with E-state index in [1.807, 2.05) is 78.2 Å². The van der Waals surface area contributed by atoms with Crippen LogP contribution < -0.4 is 4.74 Å². The van der Waals surface area contributed by atoms with Crippen LogP contribution in [0.3, 0.4) is 0 Å². The molecule has 0 bridgehead atoms. The summed E-state index contributed by atoms with van der Waals surface area (Å²) in [6, 6.07) is 23.7. The summed E-state index contributed by atoms with van der Waals surface area (Å²) in [5.74, 6) is -0.118. The summed E-state index contributed by atoms with van der Waals surface area (Å²) in [6.07, 6.45) is 1.83. The highest BCUT2D eigenvalue weighted by Gasteiger charge is 2.21. The van der Waals surface area contributed by atoms with Crippen molar-refractivity contribution in [1.29, 1.82) is 0 Å². The molecule has 0 aliphatic rings. The van der Waals surface area contributed by atoms with Crippen LogP contribution in [0.1, 0.15) is 11.3 Å². The van der Waals surface area contributed by atoms with Gasteiger partial charge in [0.1, 0.15) is 29.6 Å². The molecule has 0 aliphatic heterocycles. The fraction of sp³-hybridized carbons (Fsp3) is 0.0769. The van der Waals surface area contributed by atoms with E-state index in [2.05, 4.69) is 0 Å². The molecule has 0 unspecified atom stereocenters. The van der Waals surface area contributed by atoms with E-state index >= 15 is 0 Å². The molecule has 32 heavy (non-hydrogen) atoms. The van der Waals surface area contributed by atoms with Crippen molar-refractivity contribution in [3.63, 3.8) is 0 Å². The number of rotatable bonds is 5. The van der Waals surface area contributed by atoms with E-state index in [0.29, 0.717) is 35.1 Å². The zero-order valence-corrected chi connectivity index (χ0v) is 17.4. The van der Waals surface area contributed by atoms with Crippen LogP contribution in [-0.4, -0.2) is 19.5 Å². The van der Waals surface area contributed by atoms with Gasteiger partial charge in [0.25, 0.3) is 0 Å². The van der Waals surface area contributed by atoms with E-state index < -0.39 is 11.6 Å². The van der Waals surface area contributed by atoms with E-state index in [9.17, 15) is 9.50 Å². The minimum Gasteiger partial charge on any atom is -0.504 e. The zero-order valence-electron chi connectivity index (χ0n) is 17.4. The van der Waals surface area contributed by atoms with Gasteiger partial charge < -0.3 is 9.84 Å². The number of benzene rings is 2. The highest BCUT2D eigenvalue weighted by atomic mass is 19.1. The summed E-state index contributed by atoms with van der Waals surface area (Å²) in [4.78, 5) is 9.50. The van der Waals surface area contributed by atoms with E-state index in [1.165, 1.54) is 6.07 Å². The summed E-state index contributed by atoms with van der Waals surface area (Å²) in [7, 11) is 0. The van der Waals surface area contributed by atoms with Gasteiger partial charge in [-0.2, -0.15) is 0 Å². The van der Waals surface area contributed by atoms with Crippen molar-refractivity contribution in [3.8, 4) is 34.3 Å². The van der Waals surface area contributed by atoms with Crippen molar-refractivity contribution >= 4 is 5.52 Å². The van der Waals surface area contributed by atoms with Gasteiger partial charge in [-0.3, -0.25) is 4.40 Å². The van der Waals surface area contributed by atoms with Crippen LogP contribution in [0.2, 0.25) is 0 Å². The van der Waals surface area contributed by atoms with Gasteiger partial charge in [-0.05, 0) is 48.9 Å². The van der Waals surface area contributed by atoms with Crippen LogP contribution in [0.15, 0.2) is 85.1 Å². The number of aromatic hydroxyl groups is 1. The number of para-hydroxylation sites is 1. The Kier molecular flexibility index (Phi) is 5.03. The molecule has 5 nitrogen and oxygen atoms in total. The lowest BCUT2D eigenvalue weighted by molar-refractivity contribution is 0.306. The first-order valence-electron chi connectivity index (χ1n) is 10.2. The molecule has 1 N–H and O–H groups in total. The monoisotopic (exact) mass is 425 g/mol. The highest BCUT2D eigenvalue weighted by molar-refractivity contribution is 5.83. The first-order chi connectivity index (χ1) is 15.6. The van der Waals surface area contributed by atoms with Crippen molar-refractivity contribution in [1.82, 2.24) is 14.4 Å². The van der Waals surface area contributed by atoms with E-state index in [0.717, 1.165) is 16.8 Å². The quantitative estimate of drug-likeness (QED) is 0.387. The molecule has 0 saturated carbocycles. The third kappa shape index (κ3) is 3.56. The van der Waals surface area contributed by atoms with Crippen LogP contribution in [0, 0.1) is 12.7 Å². The molecule has 0 saturated heterocycles. The maximum absolute atomic E-state index is 14.1. The smallest absolute Gasteiger partial charge is 0.165 e. The Bertz CT molecular complexity index is 1410. The van der Waals surface area contributed by atoms with Gasteiger partial charge in [0.05, 0.1) is 11.1 Å². The molecule has 3 heterocycles. The summed E-state index contributed by atoms with van der Waals surface area (Å²) in [6.45, 7) is 2.30. The first kappa shape index (κ1) is 19.8. The molecular formula is C26H20FN3O2. The Morgan fingerprint density at radius 3 is 2.53 bits per heavy atom. The van der Waals surface area contributed by atoms with Gasteiger partial charge in [0, 0.05) is 11.9 Å². The molecule has 0 radical (unpaired) electrons. The zero-order chi connectivity index (χ0) is 22.1. The average molecular weight is 425 g/mol. The Morgan fingerprint density at radius 2 is 1.69 bits per heavy atom. The summed E-state index contributed by atoms with van der Waals surface area (Å²) in [5, 5.41) is 10.3. The molecule has 3 aromatic heterocycles. The third-order valence-corrected chi connectivity index (χ3v) is 5.24. The van der Waals surface area contributed by atoms with Crippen molar-refractivity contribution in [2.75, 3.05) is 0 Å². The molecule has 5 rings (SSSR count). The van der Waals surface area contributed by atoms with E-state index in [4.69, 9.17) is 14.7 Å². The van der Waals surface area contributed by atoms with Crippen LogP contribution in [-0.2, 0) is 6.61 Å². The number of phenols is 1. The standard InChI is InChI=1S/C26H20FN3O2/c1-17-13-14-22(32-16-18-8-3-2-4-9-18)24(28-17)23-21-12-5-6-15-30(21)26(29-23)19-10-7-11-20(27)25(19)31/h2-15,31H,16H2,1H3. The molecule has 0 amide bonds. The maximum atomic E-state index is 14.1. The SMILES string of the molecule is Cc1ccc(OCc2ccccc2)c(-c2nc(-c3cccc(F)c3O)n3ccccc23)n1. The van der Waals surface area contributed by atoms with Gasteiger partial charge >= 0.3 is 0 Å². The molecule has 5 aromatic rings. The minimum absolute atomic E-state index is 0.303. The minimum atomic E-state index is -0.697. The normalized spacial score (nSPS) is 11.1. The average Bonchev–Trinajstić information content (AvgIpc) is 3.20. The van der Waals surface area contributed by atoms with Crippen molar-refractivity contribution < 1.29 is 14.2 Å². The Hall–Kier alpha value is -4.19. The molecule has 0 spiro atoms. The van der Waals surface area contributed by atoms with Crippen LogP contribution in [0.4, 0.5) is 4.39 Å². The van der Waals surface area contributed by atoms with E-state index in [-0.39, 0.29) is 0 Å². The number of aryl methyl sites for hydroxylation is 1. The van der Waals surface area contributed by atoms with Crippen LogP contribution in [0.5, 0.6) is 11.5 Å². The number of fused-ring (bicyclic) bond motifs is 1. The lowest BCUT2D eigenvalue weighted by atomic mass is 10.2. The van der Waals surface area contributed by atoms with Gasteiger partial charge in [-0.1, -0.05) is 42.5 Å². The number of aromatic nitrogens is 3. The Balaban J connectivity index is 1.66. The lowest BCUT2D eigenvalue weighted by Gasteiger charge is -2.11. The van der Waals surface area contributed by atoms with Gasteiger partial charge in [0.2, 0.25) is 0 Å². The van der Waals surface area contributed by atoms with Gasteiger partial charge in [0.15, 0.2) is 11.6 Å². The number of nitrogens with zero attached hydrogens (tertiary/aromatic N) is 3. The third-order valence-electron chi connectivity index (χ3n) is 5.24. The Labute approximate surface area is 184 Å². The van der Waals surface area contributed by atoms with Crippen LogP contribution in [0.25, 0.3) is 28.3 Å². The molecule has 0 fully saturated rings. The number of hydrogen-bond donors (Lipinski definition) is 1. The highest BCUT2D eigenvalue weighted by Crippen LogP contribution is 2.37. The molecule has 0 aliphatic carbocycles. The van der Waals surface area contributed by atoms with Gasteiger partial charge in [-0.15, -0.1) is 0 Å². The predicted molar refractivity (Wildman–Crippen MR) is 121 cm³/mol. The number of phenolic OH excluding ortho intramolecular Hbond substituents is 1. The number of ether oxygens (including phenoxy) is 1. The van der Waals surface area contributed by atoms with Crippen molar-refractivity contribution in [3.05, 3.63) is 102 Å². The fourth-order valence-electron chi connectivity index (χ4n) is 3.66. The molecule has 158 valence electrons. The van der Waals surface area contributed by atoms with Crippen molar-refractivity contribution in [2.24, 2.45) is 0 Å². The van der Waals surface area contributed by atoms with Crippen LogP contribution >= 0.6 is 0 Å². The van der Waals surface area contributed by atoms with Gasteiger partial charge in [-0.25, -0.2) is 14.4 Å². The van der Waals surface area contributed by atoms with Crippen molar-refractivity contribution in [2.45, 2.75) is 13.5 Å². The molecule has 6 heteroatoms. The lowest BCUT2D eigenvalue weighted by Crippen LogP contribution is -1.99. The fourth-order valence-corrected chi connectivity index (χ4v) is 3.66. The second-order valence-electron chi connectivity index (χ2n) is 7.45. The number of imidazole rings is 1. The number of halogens is 1. The summed E-state index contributed by atoms with van der Waals surface area (Å²) in [5.41, 5.74) is 4.12. The molecule has 2 aromatic carbocycles. The largest absolute Gasteiger partial charge is 0.504 e. The Morgan fingerprint density at radius 1 is 0.875 bits per heavy atom. The second-order valence-corrected chi connectivity index (χ2v) is 7.45. The first-order valence-corrected chi connectivity index (χ1v) is 10.2. The van der Waals surface area contributed by atoms with E-state index in [1.54, 1.807) is 12.1 Å². The summed E-state index contributed by atoms with van der Waals surface area (Å²) < 4.78 is 22.0. The summed E-state index contributed by atoms with van der Waals surface area (Å²) >= 11 is 0. The maximum Gasteiger partial charge on any atom is 0.165 e. The topological polar surface area (TPSA) is 59.7 Å². The second kappa shape index (κ2) is 8.15. The predicted octanol–water partition coefficient (Wildman–Crippen LogP) is 5.80. The number of pyridine rings is 2.